The SMILES string of the molecule is CCNC(C)c1cc(F)c(C)cc1N(C)CC(C)C. The van der Waals surface area contributed by atoms with E-state index in [1.807, 2.05) is 13.0 Å². The molecule has 0 saturated carbocycles. The Hall–Kier alpha value is -1.09. The van der Waals surface area contributed by atoms with Crippen LogP contribution in [0.4, 0.5) is 10.1 Å². The van der Waals surface area contributed by atoms with Gasteiger partial charge in [-0.3, -0.25) is 0 Å². The highest BCUT2D eigenvalue weighted by Crippen LogP contribution is 2.29. The van der Waals surface area contributed by atoms with Crippen molar-refractivity contribution in [2.45, 2.75) is 40.7 Å². The quantitative estimate of drug-likeness (QED) is 0.840. The maximum Gasteiger partial charge on any atom is 0.126 e. The van der Waals surface area contributed by atoms with E-state index in [-0.39, 0.29) is 11.9 Å². The van der Waals surface area contributed by atoms with Crippen LogP contribution in [0.1, 0.15) is 44.9 Å². The maximum atomic E-state index is 13.8. The smallest absolute Gasteiger partial charge is 0.126 e. The molecule has 1 N–H and O–H groups in total. The van der Waals surface area contributed by atoms with Crippen molar-refractivity contribution in [2.24, 2.45) is 5.92 Å². The van der Waals surface area contributed by atoms with Crippen molar-refractivity contribution in [2.75, 3.05) is 25.0 Å². The van der Waals surface area contributed by atoms with Crippen molar-refractivity contribution in [3.63, 3.8) is 0 Å². The molecule has 1 aromatic rings. The highest BCUT2D eigenvalue weighted by Gasteiger charge is 2.16. The van der Waals surface area contributed by atoms with Crippen LogP contribution >= 0.6 is 0 Å². The molecule has 0 fully saturated rings. The van der Waals surface area contributed by atoms with E-state index < -0.39 is 0 Å². The van der Waals surface area contributed by atoms with Crippen LogP contribution in [0.2, 0.25) is 0 Å². The fraction of sp³-hybridized carbons (Fsp3) is 0.625. The zero-order chi connectivity index (χ0) is 14.6. The highest BCUT2D eigenvalue weighted by atomic mass is 19.1. The summed E-state index contributed by atoms with van der Waals surface area (Å²) < 4.78 is 13.8. The van der Waals surface area contributed by atoms with Crippen LogP contribution < -0.4 is 10.2 Å². The lowest BCUT2D eigenvalue weighted by molar-refractivity contribution is 0.574. The molecule has 19 heavy (non-hydrogen) atoms. The van der Waals surface area contributed by atoms with Crippen LogP contribution in [-0.2, 0) is 0 Å². The number of anilines is 1. The van der Waals surface area contributed by atoms with Gasteiger partial charge in [0.25, 0.3) is 0 Å². The van der Waals surface area contributed by atoms with Crippen molar-refractivity contribution in [3.05, 3.63) is 29.1 Å². The first-order chi connectivity index (χ1) is 8.86. The second-order valence-electron chi connectivity index (χ2n) is 5.71. The van der Waals surface area contributed by atoms with E-state index in [9.17, 15) is 4.39 Å². The van der Waals surface area contributed by atoms with Gasteiger partial charge in [0.05, 0.1) is 0 Å². The van der Waals surface area contributed by atoms with E-state index in [0.717, 1.165) is 24.3 Å². The van der Waals surface area contributed by atoms with Gasteiger partial charge in [-0.1, -0.05) is 20.8 Å². The van der Waals surface area contributed by atoms with Crippen LogP contribution in [0.15, 0.2) is 12.1 Å². The van der Waals surface area contributed by atoms with Crippen molar-refractivity contribution in [3.8, 4) is 0 Å². The summed E-state index contributed by atoms with van der Waals surface area (Å²) in [4.78, 5) is 2.22. The van der Waals surface area contributed by atoms with E-state index in [1.54, 1.807) is 6.07 Å². The van der Waals surface area contributed by atoms with Crippen LogP contribution in [0.25, 0.3) is 0 Å². The standard InChI is InChI=1S/C16H27FN2/c1-7-18-13(5)14-9-15(17)12(4)8-16(14)19(6)10-11(2)3/h8-9,11,13,18H,7,10H2,1-6H3. The first-order valence-electron chi connectivity index (χ1n) is 7.11. The Labute approximate surface area is 117 Å². The molecule has 0 heterocycles. The van der Waals surface area contributed by atoms with Crippen molar-refractivity contribution >= 4 is 5.69 Å². The van der Waals surface area contributed by atoms with E-state index in [4.69, 9.17) is 0 Å². The summed E-state index contributed by atoms with van der Waals surface area (Å²) in [5, 5.41) is 3.36. The maximum absolute atomic E-state index is 13.8. The van der Waals surface area contributed by atoms with Gasteiger partial charge in [0.15, 0.2) is 0 Å². The van der Waals surface area contributed by atoms with E-state index in [1.165, 1.54) is 0 Å². The van der Waals surface area contributed by atoms with Crippen LogP contribution in [0, 0.1) is 18.7 Å². The lowest BCUT2D eigenvalue weighted by atomic mass is 10.0. The lowest BCUT2D eigenvalue weighted by Crippen LogP contribution is -2.26. The Kier molecular flexibility index (Phi) is 5.80. The number of hydrogen-bond acceptors (Lipinski definition) is 2. The van der Waals surface area contributed by atoms with Gasteiger partial charge in [0, 0.05) is 25.3 Å². The summed E-state index contributed by atoms with van der Waals surface area (Å²) in [7, 11) is 2.08. The molecule has 0 bridgehead atoms. The molecular formula is C16H27FN2. The molecule has 0 spiro atoms. The van der Waals surface area contributed by atoms with Gasteiger partial charge >= 0.3 is 0 Å². The fourth-order valence-corrected chi connectivity index (χ4v) is 2.42. The summed E-state index contributed by atoms with van der Waals surface area (Å²) in [6.07, 6.45) is 0. The van der Waals surface area contributed by atoms with Crippen molar-refractivity contribution in [1.82, 2.24) is 5.32 Å². The van der Waals surface area contributed by atoms with Crippen molar-refractivity contribution in [1.29, 1.82) is 0 Å². The Morgan fingerprint density at radius 3 is 2.42 bits per heavy atom. The molecule has 2 nitrogen and oxygen atoms in total. The molecule has 1 aromatic carbocycles. The molecule has 0 amide bonds. The third-order valence-corrected chi connectivity index (χ3v) is 3.34. The second-order valence-corrected chi connectivity index (χ2v) is 5.71. The summed E-state index contributed by atoms with van der Waals surface area (Å²) in [5.41, 5.74) is 2.87. The average molecular weight is 266 g/mol. The molecule has 0 aliphatic heterocycles. The third kappa shape index (κ3) is 4.20. The van der Waals surface area contributed by atoms with Gasteiger partial charge in [-0.05, 0) is 49.6 Å². The zero-order valence-corrected chi connectivity index (χ0v) is 13.0. The first kappa shape index (κ1) is 16.0. The number of halogens is 1. The average Bonchev–Trinajstić information content (AvgIpc) is 2.31. The monoisotopic (exact) mass is 266 g/mol. The molecule has 1 atom stereocenters. The molecule has 3 heteroatoms. The number of nitrogens with one attached hydrogen (secondary N) is 1. The molecule has 0 radical (unpaired) electrons. The van der Waals surface area contributed by atoms with Gasteiger partial charge in [0.2, 0.25) is 0 Å². The predicted molar refractivity (Wildman–Crippen MR) is 81.3 cm³/mol. The largest absolute Gasteiger partial charge is 0.374 e. The third-order valence-electron chi connectivity index (χ3n) is 3.34. The fourth-order valence-electron chi connectivity index (χ4n) is 2.42. The summed E-state index contributed by atoms with van der Waals surface area (Å²) in [6.45, 7) is 12.2. The van der Waals surface area contributed by atoms with Crippen molar-refractivity contribution < 1.29 is 4.39 Å². The Morgan fingerprint density at radius 1 is 1.26 bits per heavy atom. The Bertz CT molecular complexity index is 415. The normalized spacial score (nSPS) is 12.8. The number of hydrogen-bond donors (Lipinski definition) is 1. The minimum absolute atomic E-state index is 0.124. The molecule has 0 aromatic heterocycles. The molecule has 1 unspecified atom stereocenters. The highest BCUT2D eigenvalue weighted by molar-refractivity contribution is 5.56. The lowest BCUT2D eigenvalue weighted by Gasteiger charge is -2.27. The summed E-state index contributed by atoms with van der Waals surface area (Å²) in [6, 6.07) is 3.79. The zero-order valence-electron chi connectivity index (χ0n) is 13.0. The van der Waals surface area contributed by atoms with E-state index in [0.29, 0.717) is 11.5 Å². The number of benzene rings is 1. The molecule has 1 rings (SSSR count). The summed E-state index contributed by atoms with van der Waals surface area (Å²) in [5.74, 6) is 0.457. The van der Waals surface area contributed by atoms with Gasteiger partial charge in [0.1, 0.15) is 5.82 Å². The minimum atomic E-state index is -0.124. The van der Waals surface area contributed by atoms with Crippen LogP contribution in [0.5, 0.6) is 0 Å². The molecular weight excluding hydrogens is 239 g/mol. The van der Waals surface area contributed by atoms with Gasteiger partial charge in [-0.25, -0.2) is 4.39 Å². The second kappa shape index (κ2) is 6.90. The van der Waals surface area contributed by atoms with E-state index in [2.05, 4.69) is 45.0 Å². The molecule has 108 valence electrons. The van der Waals surface area contributed by atoms with Crippen LogP contribution in [-0.4, -0.2) is 20.1 Å². The summed E-state index contributed by atoms with van der Waals surface area (Å²) >= 11 is 0. The minimum Gasteiger partial charge on any atom is -0.374 e. The number of nitrogens with zero attached hydrogens (tertiary/aromatic N) is 1. The van der Waals surface area contributed by atoms with Crippen LogP contribution in [0.3, 0.4) is 0 Å². The molecule has 0 aliphatic rings. The predicted octanol–water partition coefficient (Wildman–Crippen LogP) is 3.90. The number of aryl methyl sites for hydroxylation is 1. The molecule has 0 aliphatic carbocycles. The van der Waals surface area contributed by atoms with Gasteiger partial charge in [-0.15, -0.1) is 0 Å². The van der Waals surface area contributed by atoms with Gasteiger partial charge in [-0.2, -0.15) is 0 Å². The van der Waals surface area contributed by atoms with Gasteiger partial charge < -0.3 is 10.2 Å². The molecule has 0 saturated heterocycles. The number of rotatable bonds is 6. The Balaban J connectivity index is 3.15. The van der Waals surface area contributed by atoms with E-state index >= 15 is 0 Å². The Morgan fingerprint density at radius 2 is 1.89 bits per heavy atom. The topological polar surface area (TPSA) is 15.3 Å². The first-order valence-corrected chi connectivity index (χ1v) is 7.11.